The first-order valence-corrected chi connectivity index (χ1v) is 9.02. The molecule has 2 aromatic heterocycles. The Kier molecular flexibility index (Phi) is 5.46. The van der Waals surface area contributed by atoms with E-state index in [1.54, 1.807) is 18.2 Å². The summed E-state index contributed by atoms with van der Waals surface area (Å²) in [5, 5.41) is 16.1. The Morgan fingerprint density at radius 3 is 2.57 bits per heavy atom. The summed E-state index contributed by atoms with van der Waals surface area (Å²) in [6.45, 7) is 1.61. The van der Waals surface area contributed by atoms with Crippen LogP contribution >= 0.6 is 11.3 Å². The third-order valence-corrected chi connectivity index (χ3v) is 4.61. The number of thiophene rings is 1. The predicted molar refractivity (Wildman–Crippen MR) is 96.4 cm³/mol. The smallest absolute Gasteiger partial charge is 0.306 e. The first-order chi connectivity index (χ1) is 13.3. The molecule has 0 saturated carbocycles. The second-order valence-electron chi connectivity index (χ2n) is 5.97. The third-order valence-electron chi connectivity index (χ3n) is 3.88. The normalized spacial score (nSPS) is 11.2. The number of anilines is 1. The molecule has 0 fully saturated rings. The van der Waals surface area contributed by atoms with Gasteiger partial charge in [0, 0.05) is 5.69 Å². The molecule has 3 rings (SSSR count). The molecule has 0 radical (unpaired) electrons. The Morgan fingerprint density at radius 1 is 1.29 bits per heavy atom. The number of amides is 1. The number of carbonyl (C=O) groups excluding carboxylic acids is 1. The van der Waals surface area contributed by atoms with Gasteiger partial charge in [-0.15, -0.1) is 5.10 Å². The summed E-state index contributed by atoms with van der Waals surface area (Å²) in [4.78, 5) is 17.5. The summed E-state index contributed by atoms with van der Waals surface area (Å²) in [6, 6.07) is 10.6. The molecule has 2 heterocycles. The van der Waals surface area contributed by atoms with Crippen molar-refractivity contribution in [3.63, 3.8) is 0 Å². The van der Waals surface area contributed by atoms with Gasteiger partial charge < -0.3 is 4.90 Å². The van der Waals surface area contributed by atoms with Crippen molar-refractivity contribution in [2.75, 3.05) is 4.90 Å². The summed E-state index contributed by atoms with van der Waals surface area (Å²) in [5.41, 5.74) is 2.48. The molecule has 3 aromatic rings. The van der Waals surface area contributed by atoms with Gasteiger partial charge in [0.25, 0.3) is 5.82 Å². The molecule has 6 nitrogen and oxygen atoms in total. The number of halogens is 3. The van der Waals surface area contributed by atoms with Crippen LogP contribution in [0.2, 0.25) is 0 Å². The molecule has 10 heteroatoms. The first-order valence-electron chi connectivity index (χ1n) is 8.08. The van der Waals surface area contributed by atoms with Gasteiger partial charge >= 0.3 is 6.18 Å². The largest absolute Gasteiger partial charge is 0.453 e. The van der Waals surface area contributed by atoms with Gasteiger partial charge in [0.15, 0.2) is 0 Å². The van der Waals surface area contributed by atoms with E-state index in [0.29, 0.717) is 10.4 Å². The van der Waals surface area contributed by atoms with Crippen molar-refractivity contribution in [1.29, 1.82) is 5.26 Å². The number of rotatable bonds is 5. The molecule has 144 valence electrons. The van der Waals surface area contributed by atoms with E-state index in [1.165, 1.54) is 16.2 Å². The maximum atomic E-state index is 12.9. The van der Waals surface area contributed by atoms with Crippen molar-refractivity contribution in [3.8, 4) is 6.07 Å². The molecule has 0 saturated heterocycles. The lowest BCUT2D eigenvalue weighted by Crippen LogP contribution is -2.34. The van der Waals surface area contributed by atoms with E-state index in [0.717, 1.165) is 11.1 Å². The van der Waals surface area contributed by atoms with Crippen molar-refractivity contribution in [3.05, 3.63) is 63.9 Å². The Hall–Kier alpha value is -3.19. The quantitative estimate of drug-likeness (QED) is 0.648. The summed E-state index contributed by atoms with van der Waals surface area (Å²) in [7, 11) is 0. The number of nitriles is 1. The van der Waals surface area contributed by atoms with Crippen LogP contribution in [0.4, 0.5) is 18.9 Å². The second kappa shape index (κ2) is 7.82. The lowest BCUT2D eigenvalue weighted by Gasteiger charge is -2.23. The van der Waals surface area contributed by atoms with Gasteiger partial charge in [-0.1, -0.05) is 17.7 Å². The number of alkyl halides is 3. The molecular formula is C18H14F3N5OS. The van der Waals surface area contributed by atoms with E-state index in [-0.39, 0.29) is 6.54 Å². The molecule has 0 aliphatic heterocycles. The topological polar surface area (TPSA) is 74.8 Å². The van der Waals surface area contributed by atoms with Gasteiger partial charge in [-0.05, 0) is 41.4 Å². The first kappa shape index (κ1) is 19.6. The van der Waals surface area contributed by atoms with E-state index in [1.807, 2.05) is 35.9 Å². The summed E-state index contributed by atoms with van der Waals surface area (Å²) in [6.07, 6.45) is -4.80. The highest BCUT2D eigenvalue weighted by Crippen LogP contribution is 2.26. The maximum absolute atomic E-state index is 12.9. The highest BCUT2D eigenvalue weighted by molar-refractivity contribution is 7.07. The van der Waals surface area contributed by atoms with Crippen LogP contribution in [-0.2, 0) is 24.1 Å². The van der Waals surface area contributed by atoms with Gasteiger partial charge in [0.1, 0.15) is 12.6 Å². The summed E-state index contributed by atoms with van der Waals surface area (Å²) in [5.74, 6) is -2.53. The van der Waals surface area contributed by atoms with Crippen molar-refractivity contribution in [2.24, 2.45) is 0 Å². The third kappa shape index (κ3) is 4.37. The minimum absolute atomic E-state index is 0.244. The molecule has 1 amide bonds. The van der Waals surface area contributed by atoms with Crippen molar-refractivity contribution < 1.29 is 18.0 Å². The minimum atomic E-state index is -4.80. The van der Waals surface area contributed by atoms with Gasteiger partial charge in [0.05, 0.1) is 6.54 Å². The fourth-order valence-electron chi connectivity index (χ4n) is 2.48. The van der Waals surface area contributed by atoms with Crippen LogP contribution in [-0.4, -0.2) is 20.7 Å². The monoisotopic (exact) mass is 405 g/mol. The van der Waals surface area contributed by atoms with Crippen LogP contribution in [0.25, 0.3) is 0 Å². The van der Waals surface area contributed by atoms with E-state index in [4.69, 9.17) is 5.26 Å². The van der Waals surface area contributed by atoms with Crippen LogP contribution in [0.5, 0.6) is 0 Å². The van der Waals surface area contributed by atoms with Crippen LogP contribution in [0.3, 0.4) is 0 Å². The number of hydrogen-bond acceptors (Lipinski definition) is 5. The zero-order valence-electron chi connectivity index (χ0n) is 14.6. The lowest BCUT2D eigenvalue weighted by molar-refractivity contribution is -0.145. The molecule has 0 spiro atoms. The Bertz CT molecular complexity index is 1000. The van der Waals surface area contributed by atoms with Gasteiger partial charge in [0.2, 0.25) is 11.7 Å². The van der Waals surface area contributed by atoms with Crippen molar-refractivity contribution >= 4 is 22.9 Å². The van der Waals surface area contributed by atoms with Gasteiger partial charge in [-0.3, -0.25) is 4.79 Å². The number of carbonyl (C=O) groups is 1. The van der Waals surface area contributed by atoms with Gasteiger partial charge in [-0.25, -0.2) is 4.68 Å². The predicted octanol–water partition coefficient (Wildman–Crippen LogP) is 3.77. The zero-order valence-corrected chi connectivity index (χ0v) is 15.5. The number of aryl methyl sites for hydroxylation is 1. The van der Waals surface area contributed by atoms with Crippen LogP contribution in [0.1, 0.15) is 22.8 Å². The maximum Gasteiger partial charge on any atom is 0.453 e. The van der Waals surface area contributed by atoms with Crippen molar-refractivity contribution in [2.45, 2.75) is 26.2 Å². The van der Waals surface area contributed by atoms with E-state index in [2.05, 4.69) is 10.1 Å². The number of aromatic nitrogens is 3. The molecule has 0 aliphatic carbocycles. The number of benzene rings is 1. The summed E-state index contributed by atoms with van der Waals surface area (Å²) < 4.78 is 39.2. The Morgan fingerprint density at radius 2 is 2.00 bits per heavy atom. The Balaban J connectivity index is 1.90. The molecule has 1 aromatic carbocycles. The molecule has 0 atom stereocenters. The zero-order chi connectivity index (χ0) is 20.3. The molecular weight excluding hydrogens is 391 g/mol. The fraction of sp³-hybridized carbons (Fsp3) is 0.222. The highest BCUT2D eigenvalue weighted by atomic mass is 32.1. The fourth-order valence-corrected chi connectivity index (χ4v) is 3.14. The molecule has 28 heavy (non-hydrogen) atoms. The minimum Gasteiger partial charge on any atom is -0.306 e. The van der Waals surface area contributed by atoms with Gasteiger partial charge in [-0.2, -0.15) is 34.8 Å². The van der Waals surface area contributed by atoms with Crippen LogP contribution in [0, 0.1) is 18.3 Å². The molecule has 0 unspecified atom stereocenters. The SMILES string of the molecule is Cc1ccc(N(Cc2ccsc2)C(=O)Cn2nc(C(F)(F)F)nc2C#N)cc1. The second-order valence-corrected chi connectivity index (χ2v) is 6.75. The molecule has 0 bridgehead atoms. The standard InChI is InChI=1S/C18H14F3N5OS/c1-12-2-4-14(5-3-12)25(9-13-6-7-28-11-13)16(27)10-26-15(8-22)23-17(24-26)18(19,20)21/h2-7,11H,9-10H2,1H3. The Labute approximate surface area is 162 Å². The average molecular weight is 405 g/mol. The number of hydrogen-bond donors (Lipinski definition) is 0. The van der Waals surface area contributed by atoms with Crippen LogP contribution < -0.4 is 4.90 Å². The van der Waals surface area contributed by atoms with E-state index in [9.17, 15) is 18.0 Å². The van der Waals surface area contributed by atoms with Crippen molar-refractivity contribution in [1.82, 2.24) is 14.8 Å². The lowest BCUT2D eigenvalue weighted by atomic mass is 10.2. The summed E-state index contributed by atoms with van der Waals surface area (Å²) >= 11 is 1.47. The highest BCUT2D eigenvalue weighted by Gasteiger charge is 2.37. The van der Waals surface area contributed by atoms with Crippen LogP contribution in [0.15, 0.2) is 41.1 Å². The molecule has 0 N–H and O–H groups in total. The van der Waals surface area contributed by atoms with E-state index < -0.39 is 30.3 Å². The number of nitrogens with zero attached hydrogens (tertiary/aromatic N) is 5. The van der Waals surface area contributed by atoms with E-state index >= 15 is 0 Å². The molecule has 0 aliphatic rings. The average Bonchev–Trinajstić information content (AvgIpc) is 3.29.